The molecule has 0 fully saturated rings. The highest BCUT2D eigenvalue weighted by atomic mass is 32.2. The normalized spacial score (nSPS) is 12.0. The zero-order valence-electron chi connectivity index (χ0n) is 14.4. The fourth-order valence-electron chi connectivity index (χ4n) is 2.46. The molecule has 3 rings (SSSR count). The first-order valence-corrected chi connectivity index (χ1v) is 10.6. The second kappa shape index (κ2) is 8.91. The fraction of sp³-hybridized carbons (Fsp3) is 0.263. The number of hydrogen-bond acceptors (Lipinski definition) is 5. The summed E-state index contributed by atoms with van der Waals surface area (Å²) in [6, 6.07) is 13.8. The Bertz CT molecular complexity index is 874. The van der Waals surface area contributed by atoms with E-state index in [1.807, 2.05) is 47.8 Å². The number of oxazole rings is 1. The highest BCUT2D eigenvalue weighted by Gasteiger charge is 2.16. The van der Waals surface area contributed by atoms with Crippen molar-refractivity contribution in [2.75, 3.05) is 12.3 Å². The standard InChI is InChI=1S/C19H20N2O3S2/c1-14-16(21-19(24-14)17-8-5-11-25-17)12-26(23)13-18(22)20-10-9-15-6-3-2-4-7-15/h2-8,11H,9-10,12-13H2,1H3,(H,20,22)/t26-/m1/s1. The predicted molar refractivity (Wildman–Crippen MR) is 104 cm³/mol. The molecule has 0 aliphatic carbocycles. The second-order valence-electron chi connectivity index (χ2n) is 5.81. The Morgan fingerprint density at radius 2 is 2.04 bits per heavy atom. The molecule has 0 bridgehead atoms. The first-order valence-electron chi connectivity index (χ1n) is 8.27. The number of carbonyl (C=O) groups excluding carboxylic acids is 1. The van der Waals surface area contributed by atoms with Crippen LogP contribution in [0.2, 0.25) is 0 Å². The Balaban J connectivity index is 1.47. The third kappa shape index (κ3) is 5.12. The third-order valence-corrected chi connectivity index (χ3v) is 5.83. The van der Waals surface area contributed by atoms with Crippen LogP contribution in [-0.4, -0.2) is 27.4 Å². The van der Waals surface area contributed by atoms with Crippen molar-refractivity contribution >= 4 is 28.0 Å². The molecule has 0 radical (unpaired) electrons. The molecule has 0 aliphatic heterocycles. The molecule has 0 aliphatic rings. The van der Waals surface area contributed by atoms with Crippen LogP contribution in [0.5, 0.6) is 0 Å². The van der Waals surface area contributed by atoms with Crippen molar-refractivity contribution in [3.8, 4) is 10.8 Å². The van der Waals surface area contributed by atoms with Gasteiger partial charge in [-0.25, -0.2) is 4.98 Å². The van der Waals surface area contributed by atoms with Crippen LogP contribution in [0.3, 0.4) is 0 Å². The predicted octanol–water partition coefficient (Wildman–Crippen LogP) is 3.32. The van der Waals surface area contributed by atoms with Gasteiger partial charge in [-0.3, -0.25) is 9.00 Å². The maximum Gasteiger partial charge on any atom is 0.236 e. The SMILES string of the molecule is Cc1oc(-c2cccs2)nc1C[S@@](=O)CC(=O)NCCc1ccccc1. The molecule has 0 unspecified atom stereocenters. The lowest BCUT2D eigenvalue weighted by atomic mass is 10.1. The van der Waals surface area contributed by atoms with E-state index in [9.17, 15) is 9.00 Å². The summed E-state index contributed by atoms with van der Waals surface area (Å²) in [6.07, 6.45) is 0.756. The Morgan fingerprint density at radius 3 is 2.77 bits per heavy atom. The van der Waals surface area contributed by atoms with Gasteiger partial charge in [0.1, 0.15) is 11.5 Å². The maximum atomic E-state index is 12.3. The highest BCUT2D eigenvalue weighted by molar-refractivity contribution is 7.84. The minimum atomic E-state index is -1.32. The van der Waals surface area contributed by atoms with Gasteiger partial charge in [-0.1, -0.05) is 36.4 Å². The van der Waals surface area contributed by atoms with Gasteiger partial charge in [0.05, 0.1) is 16.3 Å². The van der Waals surface area contributed by atoms with Gasteiger partial charge >= 0.3 is 0 Å². The van der Waals surface area contributed by atoms with Gasteiger partial charge in [0.2, 0.25) is 11.8 Å². The number of nitrogens with one attached hydrogen (secondary N) is 1. The van der Waals surface area contributed by atoms with Crippen LogP contribution in [0.15, 0.2) is 52.3 Å². The average molecular weight is 389 g/mol. The lowest BCUT2D eigenvalue weighted by Crippen LogP contribution is -2.30. The van der Waals surface area contributed by atoms with E-state index in [4.69, 9.17) is 4.42 Å². The first-order chi connectivity index (χ1) is 12.6. The lowest BCUT2D eigenvalue weighted by Gasteiger charge is -2.05. The molecule has 7 heteroatoms. The summed E-state index contributed by atoms with van der Waals surface area (Å²) < 4.78 is 17.9. The highest BCUT2D eigenvalue weighted by Crippen LogP contribution is 2.26. The van der Waals surface area contributed by atoms with Gasteiger partial charge in [0, 0.05) is 17.3 Å². The van der Waals surface area contributed by atoms with Crippen molar-refractivity contribution in [2.24, 2.45) is 0 Å². The second-order valence-corrected chi connectivity index (χ2v) is 8.22. The molecule has 5 nitrogen and oxygen atoms in total. The number of thiophene rings is 1. The minimum absolute atomic E-state index is 0.0323. The molecule has 0 spiro atoms. The Kier molecular flexibility index (Phi) is 6.35. The maximum absolute atomic E-state index is 12.3. The number of carbonyl (C=O) groups is 1. The van der Waals surface area contributed by atoms with Gasteiger partial charge < -0.3 is 9.73 Å². The molecule has 0 saturated heterocycles. The first kappa shape index (κ1) is 18.5. The summed E-state index contributed by atoms with van der Waals surface area (Å²) in [4.78, 5) is 17.3. The fourth-order valence-corrected chi connectivity index (χ4v) is 4.18. The van der Waals surface area contributed by atoms with E-state index in [1.165, 1.54) is 11.3 Å². The molecule has 3 aromatic rings. The number of aryl methyl sites for hydroxylation is 1. The van der Waals surface area contributed by atoms with Crippen molar-refractivity contribution in [1.29, 1.82) is 0 Å². The molecule has 2 heterocycles. The Labute approximate surface area is 158 Å². The van der Waals surface area contributed by atoms with Crippen molar-refractivity contribution in [2.45, 2.75) is 19.1 Å². The molecule has 1 aromatic carbocycles. The third-order valence-electron chi connectivity index (χ3n) is 3.79. The zero-order valence-corrected chi connectivity index (χ0v) is 16.1. The van der Waals surface area contributed by atoms with E-state index in [0.717, 1.165) is 16.9 Å². The topological polar surface area (TPSA) is 72.2 Å². The van der Waals surface area contributed by atoms with E-state index in [2.05, 4.69) is 10.3 Å². The number of aromatic nitrogens is 1. The van der Waals surface area contributed by atoms with Crippen LogP contribution >= 0.6 is 11.3 Å². The molecule has 1 atom stereocenters. The number of benzene rings is 1. The van der Waals surface area contributed by atoms with Crippen LogP contribution in [0, 0.1) is 6.92 Å². The summed E-state index contributed by atoms with van der Waals surface area (Å²) in [5.74, 6) is 1.16. The van der Waals surface area contributed by atoms with Gasteiger partial charge in [0.25, 0.3) is 0 Å². The zero-order chi connectivity index (χ0) is 18.4. The van der Waals surface area contributed by atoms with Gasteiger partial charge in [-0.2, -0.15) is 0 Å². The number of nitrogens with zero attached hydrogens (tertiary/aromatic N) is 1. The van der Waals surface area contributed by atoms with Crippen molar-refractivity contribution in [1.82, 2.24) is 10.3 Å². The number of rotatable bonds is 8. The number of hydrogen-bond donors (Lipinski definition) is 1. The molecule has 136 valence electrons. The average Bonchev–Trinajstić information content (AvgIpc) is 3.26. The molecule has 0 saturated carbocycles. The van der Waals surface area contributed by atoms with Gasteiger partial charge in [-0.05, 0) is 30.4 Å². The van der Waals surface area contributed by atoms with Crippen LogP contribution in [0.1, 0.15) is 17.0 Å². The summed E-state index contributed by atoms with van der Waals surface area (Å²) in [5, 5.41) is 4.77. The lowest BCUT2D eigenvalue weighted by molar-refractivity contribution is -0.118. The quantitative estimate of drug-likeness (QED) is 0.642. The van der Waals surface area contributed by atoms with E-state index in [1.54, 1.807) is 6.92 Å². The van der Waals surface area contributed by atoms with Crippen LogP contribution in [0.25, 0.3) is 10.8 Å². The largest absolute Gasteiger partial charge is 0.440 e. The van der Waals surface area contributed by atoms with E-state index < -0.39 is 10.8 Å². The van der Waals surface area contributed by atoms with E-state index >= 15 is 0 Å². The van der Waals surface area contributed by atoms with E-state index in [-0.39, 0.29) is 17.4 Å². The van der Waals surface area contributed by atoms with Crippen molar-refractivity contribution < 1.29 is 13.4 Å². The molecular formula is C19H20N2O3S2. The summed E-state index contributed by atoms with van der Waals surface area (Å²) in [6.45, 7) is 2.34. The van der Waals surface area contributed by atoms with Gasteiger partial charge in [0.15, 0.2) is 0 Å². The summed E-state index contributed by atoms with van der Waals surface area (Å²) in [7, 11) is -1.32. The molecule has 2 aromatic heterocycles. The number of amides is 1. The van der Waals surface area contributed by atoms with Crippen LogP contribution < -0.4 is 5.32 Å². The Hall–Kier alpha value is -2.25. The molecule has 1 N–H and O–H groups in total. The smallest absolute Gasteiger partial charge is 0.236 e. The molecule has 1 amide bonds. The van der Waals surface area contributed by atoms with Crippen LogP contribution in [-0.2, 0) is 27.8 Å². The molecular weight excluding hydrogens is 368 g/mol. The molecule has 26 heavy (non-hydrogen) atoms. The van der Waals surface area contributed by atoms with E-state index in [0.29, 0.717) is 23.9 Å². The Morgan fingerprint density at radius 1 is 1.23 bits per heavy atom. The monoisotopic (exact) mass is 388 g/mol. The van der Waals surface area contributed by atoms with Gasteiger partial charge in [-0.15, -0.1) is 11.3 Å². The minimum Gasteiger partial charge on any atom is -0.440 e. The van der Waals surface area contributed by atoms with Crippen molar-refractivity contribution in [3.05, 3.63) is 64.9 Å². The van der Waals surface area contributed by atoms with Crippen molar-refractivity contribution in [3.63, 3.8) is 0 Å². The van der Waals surface area contributed by atoms with Crippen LogP contribution in [0.4, 0.5) is 0 Å². The summed E-state index contributed by atoms with van der Waals surface area (Å²) in [5.41, 5.74) is 1.80. The summed E-state index contributed by atoms with van der Waals surface area (Å²) >= 11 is 1.54.